The molecule has 0 bridgehead atoms. The minimum atomic E-state index is -0.436. The Morgan fingerprint density at radius 1 is 1.14 bits per heavy atom. The first-order valence-electron chi connectivity index (χ1n) is 10.0. The van der Waals surface area contributed by atoms with Crippen molar-refractivity contribution in [1.29, 1.82) is 0 Å². The molecular formula is C21H35Cl2N3O2. The number of piperidine rings is 1. The van der Waals surface area contributed by atoms with E-state index in [1.165, 1.54) is 24.0 Å². The zero-order valence-corrected chi connectivity index (χ0v) is 18.4. The average Bonchev–Trinajstić information content (AvgIpc) is 2.69. The van der Waals surface area contributed by atoms with E-state index in [0.29, 0.717) is 19.8 Å². The van der Waals surface area contributed by atoms with Crippen molar-refractivity contribution < 1.29 is 9.53 Å². The summed E-state index contributed by atoms with van der Waals surface area (Å²) in [5, 5.41) is 3.06. The standard InChI is InChI=1S/C21H33N3O2.2ClH/c1-16-6-10-24(11-7-16)15-19-5-3-2-4-18(19)14-23-21(25)20(22)17-8-12-26-13-9-17;;/h2-5,16-17,20H,6-15,22H2,1H3,(H,23,25);2*1H. The van der Waals surface area contributed by atoms with Crippen LogP contribution >= 0.6 is 24.8 Å². The van der Waals surface area contributed by atoms with E-state index >= 15 is 0 Å². The number of ether oxygens (including phenoxy) is 1. The van der Waals surface area contributed by atoms with Crippen molar-refractivity contribution in [2.75, 3.05) is 26.3 Å². The topological polar surface area (TPSA) is 67.6 Å². The fourth-order valence-electron chi connectivity index (χ4n) is 3.93. The van der Waals surface area contributed by atoms with E-state index in [1.54, 1.807) is 0 Å². The Hall–Kier alpha value is -0.850. The second kappa shape index (κ2) is 12.7. The third-order valence-electron chi connectivity index (χ3n) is 5.92. The molecule has 1 aromatic carbocycles. The Kier molecular flexibility index (Phi) is 11.4. The van der Waals surface area contributed by atoms with Crippen molar-refractivity contribution in [3.05, 3.63) is 35.4 Å². The lowest BCUT2D eigenvalue weighted by atomic mass is 9.92. The molecule has 0 spiro atoms. The van der Waals surface area contributed by atoms with Gasteiger partial charge in [0.15, 0.2) is 0 Å². The predicted molar refractivity (Wildman–Crippen MR) is 118 cm³/mol. The van der Waals surface area contributed by atoms with Gasteiger partial charge in [0.1, 0.15) is 0 Å². The third-order valence-corrected chi connectivity index (χ3v) is 5.92. The van der Waals surface area contributed by atoms with E-state index in [-0.39, 0.29) is 36.6 Å². The van der Waals surface area contributed by atoms with Gasteiger partial charge in [0.2, 0.25) is 5.91 Å². The molecule has 7 heteroatoms. The van der Waals surface area contributed by atoms with Crippen molar-refractivity contribution in [2.45, 2.75) is 51.7 Å². The van der Waals surface area contributed by atoms with Crippen LogP contribution in [-0.4, -0.2) is 43.2 Å². The largest absolute Gasteiger partial charge is 0.381 e. The summed E-state index contributed by atoms with van der Waals surface area (Å²) in [5.41, 5.74) is 8.68. The summed E-state index contributed by atoms with van der Waals surface area (Å²) in [7, 11) is 0. The zero-order chi connectivity index (χ0) is 18.4. The lowest BCUT2D eigenvalue weighted by Crippen LogP contribution is -2.46. The summed E-state index contributed by atoms with van der Waals surface area (Å²) >= 11 is 0. The van der Waals surface area contributed by atoms with Gasteiger partial charge < -0.3 is 15.8 Å². The number of hydrogen-bond donors (Lipinski definition) is 2. The number of benzene rings is 1. The first kappa shape index (κ1) is 25.2. The number of carbonyl (C=O) groups excluding carboxylic acids is 1. The normalized spacial score (nSPS) is 19.9. The summed E-state index contributed by atoms with van der Waals surface area (Å²) in [6.07, 6.45) is 4.30. The molecule has 2 saturated heterocycles. The van der Waals surface area contributed by atoms with Crippen molar-refractivity contribution in [3.8, 4) is 0 Å². The van der Waals surface area contributed by atoms with E-state index in [1.807, 2.05) is 6.07 Å². The van der Waals surface area contributed by atoms with Gasteiger partial charge in [-0.15, -0.1) is 24.8 Å². The van der Waals surface area contributed by atoms with Crippen LogP contribution in [0.25, 0.3) is 0 Å². The number of halogens is 2. The van der Waals surface area contributed by atoms with Gasteiger partial charge in [0.25, 0.3) is 0 Å². The molecule has 3 rings (SSSR count). The Morgan fingerprint density at radius 2 is 1.75 bits per heavy atom. The highest BCUT2D eigenvalue weighted by Gasteiger charge is 2.26. The Bertz CT molecular complexity index is 589. The molecule has 0 aromatic heterocycles. The molecule has 1 aromatic rings. The molecule has 28 heavy (non-hydrogen) atoms. The number of nitrogens with two attached hydrogens (primary N) is 1. The molecule has 160 valence electrons. The molecule has 1 atom stereocenters. The van der Waals surface area contributed by atoms with Crippen LogP contribution in [0.1, 0.15) is 43.7 Å². The molecule has 0 aliphatic carbocycles. The van der Waals surface area contributed by atoms with Gasteiger partial charge in [-0.1, -0.05) is 31.2 Å². The number of carbonyl (C=O) groups is 1. The molecule has 2 fully saturated rings. The average molecular weight is 432 g/mol. The summed E-state index contributed by atoms with van der Waals surface area (Å²) in [5.74, 6) is 1.03. The quantitative estimate of drug-likeness (QED) is 0.725. The molecule has 1 amide bonds. The predicted octanol–water partition coefficient (Wildman–Crippen LogP) is 3.13. The molecule has 0 radical (unpaired) electrons. The van der Waals surface area contributed by atoms with Crippen LogP contribution in [0.15, 0.2) is 24.3 Å². The van der Waals surface area contributed by atoms with Crippen LogP contribution in [0.3, 0.4) is 0 Å². The Labute approximate surface area is 181 Å². The third kappa shape index (κ3) is 7.20. The summed E-state index contributed by atoms with van der Waals surface area (Å²) in [6.45, 7) is 7.60. The smallest absolute Gasteiger partial charge is 0.237 e. The SMILES string of the molecule is CC1CCN(Cc2ccccc2CNC(=O)C(N)C2CCOCC2)CC1.Cl.Cl. The first-order chi connectivity index (χ1) is 12.6. The highest BCUT2D eigenvalue weighted by atomic mass is 35.5. The van der Waals surface area contributed by atoms with Gasteiger partial charge >= 0.3 is 0 Å². The number of hydrogen-bond acceptors (Lipinski definition) is 4. The fraction of sp³-hybridized carbons (Fsp3) is 0.667. The van der Waals surface area contributed by atoms with Crippen molar-refractivity contribution in [3.63, 3.8) is 0 Å². The van der Waals surface area contributed by atoms with E-state index in [0.717, 1.165) is 38.4 Å². The molecule has 1 unspecified atom stereocenters. The monoisotopic (exact) mass is 431 g/mol. The highest BCUT2D eigenvalue weighted by Crippen LogP contribution is 2.20. The van der Waals surface area contributed by atoms with Crippen LogP contribution in [0.2, 0.25) is 0 Å². The lowest BCUT2D eigenvalue weighted by molar-refractivity contribution is -0.124. The molecule has 5 nitrogen and oxygen atoms in total. The van der Waals surface area contributed by atoms with Crippen LogP contribution in [-0.2, 0) is 22.6 Å². The number of nitrogens with zero attached hydrogens (tertiary/aromatic N) is 1. The zero-order valence-electron chi connectivity index (χ0n) is 16.8. The van der Waals surface area contributed by atoms with Crippen molar-refractivity contribution in [1.82, 2.24) is 10.2 Å². The minimum absolute atomic E-state index is 0. The second-order valence-corrected chi connectivity index (χ2v) is 7.92. The van der Waals surface area contributed by atoms with Gasteiger partial charge in [-0.2, -0.15) is 0 Å². The second-order valence-electron chi connectivity index (χ2n) is 7.92. The molecule has 2 aliphatic rings. The molecule has 3 N–H and O–H groups in total. The van der Waals surface area contributed by atoms with Crippen LogP contribution < -0.4 is 11.1 Å². The minimum Gasteiger partial charge on any atom is -0.381 e. The number of likely N-dealkylation sites (tertiary alicyclic amines) is 1. The molecule has 2 aliphatic heterocycles. The maximum atomic E-state index is 12.5. The number of nitrogens with one attached hydrogen (secondary N) is 1. The summed E-state index contributed by atoms with van der Waals surface area (Å²) < 4.78 is 5.36. The molecule has 2 heterocycles. The van der Waals surface area contributed by atoms with Crippen LogP contribution in [0, 0.1) is 11.8 Å². The van der Waals surface area contributed by atoms with Crippen molar-refractivity contribution >= 4 is 30.7 Å². The van der Waals surface area contributed by atoms with Gasteiger partial charge in [0, 0.05) is 26.3 Å². The Morgan fingerprint density at radius 3 is 2.39 bits per heavy atom. The summed E-state index contributed by atoms with van der Waals surface area (Å²) in [4.78, 5) is 15.0. The fourth-order valence-corrected chi connectivity index (χ4v) is 3.93. The van der Waals surface area contributed by atoms with E-state index in [9.17, 15) is 4.79 Å². The summed E-state index contributed by atoms with van der Waals surface area (Å²) in [6, 6.07) is 7.98. The number of amides is 1. The lowest BCUT2D eigenvalue weighted by Gasteiger charge is -2.31. The van der Waals surface area contributed by atoms with E-state index < -0.39 is 6.04 Å². The van der Waals surface area contributed by atoms with E-state index in [2.05, 4.69) is 35.3 Å². The van der Waals surface area contributed by atoms with Crippen molar-refractivity contribution in [2.24, 2.45) is 17.6 Å². The van der Waals surface area contributed by atoms with Gasteiger partial charge in [-0.3, -0.25) is 9.69 Å². The molecular weight excluding hydrogens is 397 g/mol. The van der Waals surface area contributed by atoms with Gasteiger partial charge in [0.05, 0.1) is 6.04 Å². The maximum Gasteiger partial charge on any atom is 0.237 e. The Balaban J connectivity index is 0.00000196. The van der Waals surface area contributed by atoms with Crippen LogP contribution in [0.4, 0.5) is 0 Å². The van der Waals surface area contributed by atoms with Gasteiger partial charge in [-0.25, -0.2) is 0 Å². The maximum absolute atomic E-state index is 12.5. The van der Waals surface area contributed by atoms with E-state index in [4.69, 9.17) is 10.5 Å². The van der Waals surface area contributed by atoms with Crippen LogP contribution in [0.5, 0.6) is 0 Å². The first-order valence-corrected chi connectivity index (χ1v) is 10.0. The molecule has 0 saturated carbocycles. The highest BCUT2D eigenvalue weighted by molar-refractivity contribution is 5.85. The van der Waals surface area contributed by atoms with Gasteiger partial charge in [-0.05, 0) is 61.7 Å². The number of rotatable bonds is 6.